The van der Waals surface area contributed by atoms with Crippen molar-refractivity contribution in [1.29, 1.82) is 0 Å². The van der Waals surface area contributed by atoms with Gasteiger partial charge in [-0.25, -0.2) is 0 Å². The van der Waals surface area contributed by atoms with E-state index in [1.807, 2.05) is 14.0 Å². The first-order valence-electron chi connectivity index (χ1n) is 2.61. The zero-order valence-electron chi connectivity index (χ0n) is 5.46. The summed E-state index contributed by atoms with van der Waals surface area (Å²) in [6.07, 6.45) is 0. The van der Waals surface area contributed by atoms with Gasteiger partial charge in [0.1, 0.15) is 0 Å². The van der Waals surface area contributed by atoms with E-state index in [4.69, 9.17) is 5.90 Å². The first-order chi connectivity index (χ1) is 4.24. The molecule has 0 radical (unpaired) electrons. The Hall–Kier alpha value is -1.03. The molecule has 0 atom stereocenters. The maximum absolute atomic E-state index is 4.86. The molecule has 0 saturated heterocycles. The van der Waals surface area contributed by atoms with E-state index in [-0.39, 0.29) is 0 Å². The first kappa shape index (κ1) is 6.10. The van der Waals surface area contributed by atoms with Crippen LogP contribution in [-0.4, -0.2) is 9.78 Å². The summed E-state index contributed by atoms with van der Waals surface area (Å²) in [6, 6.07) is 1.76. The van der Waals surface area contributed by atoms with Gasteiger partial charge >= 0.3 is 0 Å². The predicted molar refractivity (Wildman–Crippen MR) is 32.8 cm³/mol. The Kier molecular flexibility index (Phi) is 1.40. The van der Waals surface area contributed by atoms with Gasteiger partial charge in [0.15, 0.2) is 0 Å². The lowest BCUT2D eigenvalue weighted by Gasteiger charge is -1.88. The molecule has 2 N–H and O–H groups in total. The predicted octanol–water partition coefficient (Wildman–Crippen LogP) is -0.0190. The van der Waals surface area contributed by atoms with Gasteiger partial charge in [-0.2, -0.15) is 5.90 Å². The lowest BCUT2D eigenvalue weighted by Crippen LogP contribution is -2.02. The van der Waals surface area contributed by atoms with Gasteiger partial charge in [0.2, 0.25) is 0 Å². The highest BCUT2D eigenvalue weighted by Crippen LogP contribution is 2.06. The molecule has 0 unspecified atom stereocenters. The van der Waals surface area contributed by atoms with Crippen molar-refractivity contribution in [3.05, 3.63) is 11.8 Å². The Morgan fingerprint density at radius 3 is 2.67 bits per heavy atom. The number of hydrogen-bond acceptors (Lipinski definition) is 3. The maximum Gasteiger partial charge on any atom is 0.256 e. The van der Waals surface area contributed by atoms with E-state index in [0.717, 1.165) is 5.69 Å². The molecule has 1 aromatic heterocycles. The van der Waals surface area contributed by atoms with E-state index in [0.29, 0.717) is 5.88 Å². The van der Waals surface area contributed by atoms with Gasteiger partial charge in [-0.15, -0.1) is 5.10 Å². The molecule has 4 nitrogen and oxygen atoms in total. The van der Waals surface area contributed by atoms with Gasteiger partial charge in [0.05, 0.1) is 0 Å². The Morgan fingerprint density at radius 1 is 1.78 bits per heavy atom. The summed E-state index contributed by atoms with van der Waals surface area (Å²) in [5.41, 5.74) is 1.02. The molecule has 1 rings (SSSR count). The Morgan fingerprint density at radius 2 is 2.44 bits per heavy atom. The van der Waals surface area contributed by atoms with Crippen LogP contribution >= 0.6 is 0 Å². The van der Waals surface area contributed by atoms with Crippen molar-refractivity contribution in [1.82, 2.24) is 9.78 Å². The van der Waals surface area contributed by atoms with Gasteiger partial charge in [0.25, 0.3) is 5.88 Å². The summed E-state index contributed by atoms with van der Waals surface area (Å²) < 4.78 is 1.70. The van der Waals surface area contributed by atoms with Crippen molar-refractivity contribution in [3.63, 3.8) is 0 Å². The number of hydrogen-bond donors (Lipinski definition) is 1. The molecule has 0 fully saturated rings. The molecule has 0 aromatic carbocycles. The molecule has 4 heteroatoms. The van der Waals surface area contributed by atoms with Crippen LogP contribution in [-0.2, 0) is 7.05 Å². The van der Waals surface area contributed by atoms with Crippen molar-refractivity contribution < 1.29 is 4.84 Å². The molecule has 1 aromatic rings. The van der Waals surface area contributed by atoms with Crippen molar-refractivity contribution in [3.8, 4) is 5.88 Å². The molecule has 1 heterocycles. The number of nitrogens with zero attached hydrogens (tertiary/aromatic N) is 2. The molecule has 50 valence electrons. The van der Waals surface area contributed by atoms with Gasteiger partial charge in [-0.05, 0) is 6.92 Å². The topological polar surface area (TPSA) is 53.1 Å². The van der Waals surface area contributed by atoms with Crippen molar-refractivity contribution in [2.24, 2.45) is 12.9 Å². The molecular formula is C5H9N3O. The average molecular weight is 127 g/mol. The summed E-state index contributed by atoms with van der Waals surface area (Å²) >= 11 is 0. The Labute approximate surface area is 53.2 Å². The Balaban J connectivity index is 2.98. The van der Waals surface area contributed by atoms with Crippen LogP contribution in [0.1, 0.15) is 5.69 Å². The highest BCUT2D eigenvalue weighted by molar-refractivity contribution is 5.13. The minimum atomic E-state index is 0.454. The standard InChI is InChI=1S/C5H9N3O/c1-4-3-5(9-6)7-8(4)2/h3H,6H2,1-2H3. The number of nitrogens with two attached hydrogens (primary N) is 1. The van der Waals surface area contributed by atoms with Crippen LogP contribution in [0.3, 0.4) is 0 Å². The fraction of sp³-hybridized carbons (Fsp3) is 0.400. The van der Waals surface area contributed by atoms with Crippen LogP contribution < -0.4 is 10.7 Å². The van der Waals surface area contributed by atoms with E-state index in [2.05, 4.69) is 9.94 Å². The molecule has 0 spiro atoms. The monoisotopic (exact) mass is 127 g/mol. The van der Waals surface area contributed by atoms with Crippen LogP contribution in [0.4, 0.5) is 0 Å². The summed E-state index contributed by atoms with van der Waals surface area (Å²) in [7, 11) is 1.83. The van der Waals surface area contributed by atoms with Gasteiger partial charge in [-0.3, -0.25) is 4.68 Å². The molecular weight excluding hydrogens is 118 g/mol. The summed E-state index contributed by atoms with van der Waals surface area (Å²) in [6.45, 7) is 1.93. The van der Waals surface area contributed by atoms with Crippen LogP contribution in [0.5, 0.6) is 5.88 Å². The summed E-state index contributed by atoms with van der Waals surface area (Å²) in [5, 5.41) is 3.90. The lowest BCUT2D eigenvalue weighted by molar-refractivity contribution is 0.317. The third-order valence-corrected chi connectivity index (χ3v) is 1.21. The van der Waals surface area contributed by atoms with Crippen molar-refractivity contribution >= 4 is 0 Å². The second kappa shape index (κ2) is 2.06. The molecule has 0 amide bonds. The quantitative estimate of drug-likeness (QED) is 0.539. The molecule has 9 heavy (non-hydrogen) atoms. The fourth-order valence-corrected chi connectivity index (χ4v) is 0.585. The molecule has 0 aliphatic rings. The second-order valence-corrected chi connectivity index (χ2v) is 1.87. The normalized spacial score (nSPS) is 9.67. The first-order valence-corrected chi connectivity index (χ1v) is 2.61. The minimum Gasteiger partial charge on any atom is -0.390 e. The summed E-state index contributed by atoms with van der Waals surface area (Å²) in [4.78, 5) is 4.38. The largest absolute Gasteiger partial charge is 0.390 e. The highest BCUT2D eigenvalue weighted by Gasteiger charge is 1.97. The van der Waals surface area contributed by atoms with Crippen LogP contribution in [0.2, 0.25) is 0 Å². The van der Waals surface area contributed by atoms with Gasteiger partial charge in [0, 0.05) is 18.8 Å². The van der Waals surface area contributed by atoms with Crippen molar-refractivity contribution in [2.45, 2.75) is 6.92 Å². The number of rotatable bonds is 1. The third kappa shape index (κ3) is 1.02. The van der Waals surface area contributed by atoms with E-state index in [9.17, 15) is 0 Å². The zero-order valence-corrected chi connectivity index (χ0v) is 5.46. The zero-order chi connectivity index (χ0) is 6.85. The molecule has 0 aliphatic carbocycles. The van der Waals surface area contributed by atoms with Crippen LogP contribution in [0, 0.1) is 6.92 Å². The van der Waals surface area contributed by atoms with E-state index in [1.54, 1.807) is 10.7 Å². The van der Waals surface area contributed by atoms with Gasteiger partial charge in [-0.1, -0.05) is 0 Å². The smallest absolute Gasteiger partial charge is 0.256 e. The Bertz CT molecular complexity index is 186. The van der Waals surface area contributed by atoms with Crippen molar-refractivity contribution in [2.75, 3.05) is 0 Å². The SMILES string of the molecule is Cc1cc(ON)nn1C. The van der Waals surface area contributed by atoms with Gasteiger partial charge < -0.3 is 4.84 Å². The number of aromatic nitrogens is 2. The van der Waals surface area contributed by atoms with Crippen LogP contribution in [0.25, 0.3) is 0 Å². The summed E-state index contributed by atoms with van der Waals surface area (Å²) in [5.74, 6) is 5.31. The minimum absolute atomic E-state index is 0.454. The average Bonchev–Trinajstić information content (AvgIpc) is 2.13. The van der Waals surface area contributed by atoms with Crippen LogP contribution in [0.15, 0.2) is 6.07 Å². The fourth-order valence-electron chi connectivity index (χ4n) is 0.585. The van der Waals surface area contributed by atoms with E-state index >= 15 is 0 Å². The second-order valence-electron chi connectivity index (χ2n) is 1.87. The highest BCUT2D eigenvalue weighted by atomic mass is 16.6. The molecule has 0 aliphatic heterocycles. The maximum atomic E-state index is 4.86. The molecule has 0 saturated carbocycles. The van der Waals surface area contributed by atoms with E-state index in [1.165, 1.54) is 0 Å². The van der Waals surface area contributed by atoms with E-state index < -0.39 is 0 Å². The molecule has 0 bridgehead atoms. The number of aryl methyl sites for hydroxylation is 2. The third-order valence-electron chi connectivity index (χ3n) is 1.21. The lowest BCUT2D eigenvalue weighted by atomic mass is 10.5.